The minimum atomic E-state index is -0.427. The molecule has 0 amide bonds. The van der Waals surface area contributed by atoms with Gasteiger partial charge in [-0.3, -0.25) is 9.79 Å². The van der Waals surface area contributed by atoms with Gasteiger partial charge in [0.05, 0.1) is 6.61 Å². The highest BCUT2D eigenvalue weighted by Gasteiger charge is 2.31. The normalized spacial score (nSPS) is 20.3. The Morgan fingerprint density at radius 1 is 1.35 bits per heavy atom. The molecule has 4 heteroatoms. The van der Waals surface area contributed by atoms with Gasteiger partial charge in [0.1, 0.15) is 5.92 Å². The van der Waals surface area contributed by atoms with Crippen molar-refractivity contribution in [2.24, 2.45) is 4.99 Å². The third-order valence-electron chi connectivity index (χ3n) is 4.52. The van der Waals surface area contributed by atoms with Gasteiger partial charge in [-0.25, -0.2) is 0 Å². The molecule has 2 heterocycles. The van der Waals surface area contributed by atoms with Crippen LogP contribution in [0.1, 0.15) is 56.2 Å². The minimum Gasteiger partial charge on any atom is -0.465 e. The molecule has 1 aliphatic heterocycles. The molecule has 23 heavy (non-hydrogen) atoms. The summed E-state index contributed by atoms with van der Waals surface area (Å²) in [6.45, 7) is 5.17. The van der Waals surface area contributed by atoms with Gasteiger partial charge in [0.15, 0.2) is 0 Å². The molecule has 0 saturated carbocycles. The Hall–Kier alpha value is -2.10. The maximum Gasteiger partial charge on any atom is 0.320 e. The Morgan fingerprint density at radius 2 is 2.17 bits per heavy atom. The van der Waals surface area contributed by atoms with E-state index in [0.717, 1.165) is 24.2 Å². The molecular weight excluding hydrogens is 288 g/mol. The summed E-state index contributed by atoms with van der Waals surface area (Å²) in [5, 5.41) is 1.21. The second-order valence-electron chi connectivity index (χ2n) is 6.08. The minimum absolute atomic E-state index is 0.222. The predicted molar refractivity (Wildman–Crippen MR) is 93.3 cm³/mol. The fourth-order valence-corrected chi connectivity index (χ4v) is 3.43. The van der Waals surface area contributed by atoms with Gasteiger partial charge >= 0.3 is 5.97 Å². The average molecular weight is 312 g/mol. The molecule has 0 aliphatic carbocycles. The van der Waals surface area contributed by atoms with E-state index in [4.69, 9.17) is 4.74 Å². The van der Waals surface area contributed by atoms with Crippen molar-refractivity contribution in [2.45, 2.75) is 44.9 Å². The first-order chi connectivity index (χ1) is 11.3. The molecule has 1 N–H and O–H groups in total. The van der Waals surface area contributed by atoms with E-state index in [1.165, 1.54) is 23.8 Å². The Labute approximate surface area is 137 Å². The van der Waals surface area contributed by atoms with Crippen molar-refractivity contribution in [3.63, 3.8) is 0 Å². The van der Waals surface area contributed by atoms with Crippen molar-refractivity contribution >= 4 is 23.1 Å². The highest BCUT2D eigenvalue weighted by atomic mass is 16.5. The number of esters is 1. The second-order valence-corrected chi connectivity index (χ2v) is 6.08. The largest absolute Gasteiger partial charge is 0.465 e. The van der Waals surface area contributed by atoms with E-state index in [9.17, 15) is 4.79 Å². The highest BCUT2D eigenvalue weighted by Crippen LogP contribution is 2.37. The highest BCUT2D eigenvalue weighted by molar-refractivity contribution is 5.99. The number of fused-ring (bicyclic) bond motifs is 3. The zero-order valence-corrected chi connectivity index (χ0v) is 13.8. The Balaban J connectivity index is 2.10. The summed E-state index contributed by atoms with van der Waals surface area (Å²) in [5.41, 5.74) is 3.31. The van der Waals surface area contributed by atoms with Crippen LogP contribution in [0.4, 0.5) is 0 Å². The number of nitrogens with zero attached hydrogens (tertiary/aromatic N) is 1. The molecule has 1 aromatic heterocycles. The van der Waals surface area contributed by atoms with Crippen molar-refractivity contribution in [1.82, 2.24) is 4.98 Å². The van der Waals surface area contributed by atoms with Gasteiger partial charge in [-0.15, -0.1) is 0 Å². The van der Waals surface area contributed by atoms with Gasteiger partial charge in [0.25, 0.3) is 0 Å². The second kappa shape index (κ2) is 6.99. The molecular formula is C19H24N2O2. The van der Waals surface area contributed by atoms with Crippen LogP contribution in [0, 0.1) is 0 Å². The first-order valence-electron chi connectivity index (χ1n) is 8.53. The average Bonchev–Trinajstić information content (AvgIpc) is 2.84. The van der Waals surface area contributed by atoms with Gasteiger partial charge in [-0.05, 0) is 25.0 Å². The molecule has 1 aliphatic rings. The van der Waals surface area contributed by atoms with Gasteiger partial charge in [-0.2, -0.15) is 0 Å². The number of ether oxygens (including phenoxy) is 1. The predicted octanol–water partition coefficient (Wildman–Crippen LogP) is 4.17. The molecule has 2 unspecified atom stereocenters. The van der Waals surface area contributed by atoms with Crippen LogP contribution in [-0.2, 0) is 9.53 Å². The van der Waals surface area contributed by atoms with Crippen LogP contribution >= 0.6 is 0 Å². The van der Waals surface area contributed by atoms with Crippen LogP contribution in [0.2, 0.25) is 0 Å². The number of unbranched alkanes of at least 4 members (excludes halogenated alkanes) is 1. The van der Waals surface area contributed by atoms with Crippen LogP contribution in [0.25, 0.3) is 10.9 Å². The molecule has 122 valence electrons. The summed E-state index contributed by atoms with van der Waals surface area (Å²) in [6.07, 6.45) is 5.19. The van der Waals surface area contributed by atoms with Gasteiger partial charge in [0, 0.05) is 35.3 Å². The lowest BCUT2D eigenvalue weighted by atomic mass is 9.89. The number of carbonyl (C=O) groups is 1. The van der Waals surface area contributed by atoms with E-state index < -0.39 is 5.92 Å². The van der Waals surface area contributed by atoms with Crippen molar-refractivity contribution in [1.29, 1.82) is 0 Å². The number of nitrogens with one attached hydrogen (secondary N) is 1. The molecule has 4 nitrogen and oxygen atoms in total. The Morgan fingerprint density at radius 3 is 2.96 bits per heavy atom. The van der Waals surface area contributed by atoms with E-state index in [1.54, 1.807) is 6.21 Å². The van der Waals surface area contributed by atoms with Crippen LogP contribution in [0.15, 0.2) is 29.3 Å². The number of carbonyl (C=O) groups excluding carboxylic acids is 1. The lowest BCUT2D eigenvalue weighted by molar-refractivity contribution is -0.143. The van der Waals surface area contributed by atoms with Crippen LogP contribution in [-0.4, -0.2) is 30.3 Å². The first kappa shape index (κ1) is 15.8. The number of aromatic amines is 1. The van der Waals surface area contributed by atoms with Crippen molar-refractivity contribution in [2.75, 3.05) is 13.2 Å². The summed E-state index contributed by atoms with van der Waals surface area (Å²) in [4.78, 5) is 20.4. The van der Waals surface area contributed by atoms with E-state index in [0.29, 0.717) is 12.5 Å². The molecule has 0 radical (unpaired) electrons. The third-order valence-corrected chi connectivity index (χ3v) is 4.52. The Bertz CT molecular complexity index is 717. The quantitative estimate of drug-likeness (QED) is 0.842. The topological polar surface area (TPSA) is 54.4 Å². The number of aliphatic imine (C=N–C) groups is 1. The zero-order chi connectivity index (χ0) is 16.2. The zero-order valence-electron chi connectivity index (χ0n) is 13.8. The van der Waals surface area contributed by atoms with Crippen molar-refractivity contribution in [3.05, 3.63) is 35.5 Å². The van der Waals surface area contributed by atoms with E-state index in [1.807, 2.05) is 13.0 Å². The number of hydrogen-bond acceptors (Lipinski definition) is 3. The summed E-state index contributed by atoms with van der Waals surface area (Å²) >= 11 is 0. The maximum absolute atomic E-state index is 12.4. The third kappa shape index (κ3) is 3.03. The maximum atomic E-state index is 12.4. The summed E-state index contributed by atoms with van der Waals surface area (Å²) < 4.78 is 5.26. The number of benzene rings is 1. The molecule has 2 aromatic rings. The molecule has 0 spiro atoms. The standard InChI is InChI=1S/C19H24N2O2/c1-3-5-8-13-11-20-12-15(19(22)23-4-2)18-17(13)14-9-6-7-10-16(14)21-18/h6-7,9-10,12-13,15,21H,3-5,8,11H2,1-2H3. The molecule has 2 atom stereocenters. The van der Waals surface area contributed by atoms with Gasteiger partial charge in [-0.1, -0.05) is 38.0 Å². The Kier molecular flexibility index (Phi) is 4.79. The van der Waals surface area contributed by atoms with Crippen molar-refractivity contribution in [3.8, 4) is 0 Å². The van der Waals surface area contributed by atoms with Gasteiger partial charge in [0.2, 0.25) is 0 Å². The number of rotatable bonds is 5. The lowest BCUT2D eigenvalue weighted by Gasteiger charge is -2.16. The lowest BCUT2D eigenvalue weighted by Crippen LogP contribution is -2.18. The molecule has 0 bridgehead atoms. The van der Waals surface area contributed by atoms with E-state index in [2.05, 4.69) is 35.1 Å². The van der Waals surface area contributed by atoms with Gasteiger partial charge < -0.3 is 9.72 Å². The monoisotopic (exact) mass is 312 g/mol. The SMILES string of the molecule is CCCCC1CN=CC(C(=O)OCC)c2[nH]c3ccccc3c21. The number of aromatic nitrogens is 1. The summed E-state index contributed by atoms with van der Waals surface area (Å²) in [7, 11) is 0. The fraction of sp³-hybridized carbons (Fsp3) is 0.474. The van der Waals surface area contributed by atoms with E-state index in [-0.39, 0.29) is 5.97 Å². The number of hydrogen-bond donors (Lipinski definition) is 1. The number of para-hydroxylation sites is 1. The van der Waals surface area contributed by atoms with Crippen LogP contribution in [0.5, 0.6) is 0 Å². The van der Waals surface area contributed by atoms with Crippen LogP contribution < -0.4 is 0 Å². The first-order valence-corrected chi connectivity index (χ1v) is 8.53. The molecule has 3 rings (SSSR count). The van der Waals surface area contributed by atoms with Crippen LogP contribution in [0.3, 0.4) is 0 Å². The summed E-state index contributed by atoms with van der Waals surface area (Å²) in [5.74, 6) is -0.291. The summed E-state index contributed by atoms with van der Waals surface area (Å²) in [6, 6.07) is 8.28. The fourth-order valence-electron chi connectivity index (χ4n) is 3.43. The molecule has 0 saturated heterocycles. The molecule has 1 aromatic carbocycles. The smallest absolute Gasteiger partial charge is 0.320 e. The van der Waals surface area contributed by atoms with E-state index >= 15 is 0 Å². The van der Waals surface area contributed by atoms with Crippen molar-refractivity contribution < 1.29 is 9.53 Å². The number of H-pyrrole nitrogens is 1. The molecule has 0 fully saturated rings.